The van der Waals surface area contributed by atoms with Crippen LogP contribution in [0, 0.1) is 0 Å². The van der Waals surface area contributed by atoms with E-state index >= 15 is 0 Å². The Labute approximate surface area is 122 Å². The van der Waals surface area contributed by atoms with Gasteiger partial charge < -0.3 is 4.89 Å². The van der Waals surface area contributed by atoms with Gasteiger partial charge in [-0.05, 0) is 28.9 Å². The van der Waals surface area contributed by atoms with E-state index in [1.807, 2.05) is 60.7 Å². The predicted molar refractivity (Wildman–Crippen MR) is 81.5 cm³/mol. The number of hydrogen-bond donors (Lipinski definition) is 1. The average molecular weight is 306 g/mol. The van der Waals surface area contributed by atoms with Gasteiger partial charge in [-0.25, -0.2) is 4.57 Å². The Balaban J connectivity index is 1.89. The number of benzene rings is 2. The molecule has 0 saturated carbocycles. The minimum Gasteiger partial charge on any atom is -0.316 e. The average Bonchev–Trinajstić information content (AvgIpc) is 2.47. The highest BCUT2D eigenvalue weighted by atomic mass is 32.7. The van der Waals surface area contributed by atoms with Gasteiger partial charge in [-0.3, -0.25) is 4.52 Å². The molecule has 3 atom stereocenters. The third-order valence-electron chi connectivity index (χ3n) is 3.29. The highest BCUT2D eigenvalue weighted by Crippen LogP contribution is 2.69. The van der Waals surface area contributed by atoms with Gasteiger partial charge in [0.1, 0.15) is 0 Å². The molecule has 3 nitrogen and oxygen atoms in total. The molecule has 2 aromatic carbocycles. The van der Waals surface area contributed by atoms with Gasteiger partial charge in [-0.15, -0.1) is 0 Å². The van der Waals surface area contributed by atoms with Crippen molar-refractivity contribution in [2.75, 3.05) is 0 Å². The quantitative estimate of drug-likeness (QED) is 0.815. The molecule has 1 aliphatic rings. The summed E-state index contributed by atoms with van der Waals surface area (Å²) in [7, 11) is 0. The summed E-state index contributed by atoms with van der Waals surface area (Å²) in [5.41, 5.74) is 2.01. The SMILES string of the molecule is O=P1(O)OC(c2ccccc2)CC(c2ccccc2)S1. The van der Waals surface area contributed by atoms with Gasteiger partial charge in [-0.2, -0.15) is 0 Å². The van der Waals surface area contributed by atoms with Crippen molar-refractivity contribution in [3.63, 3.8) is 0 Å². The molecule has 3 rings (SSSR count). The first-order valence-corrected chi connectivity index (χ1v) is 9.50. The summed E-state index contributed by atoms with van der Waals surface area (Å²) in [5.74, 6) is 0. The van der Waals surface area contributed by atoms with Crippen LogP contribution in [0.15, 0.2) is 60.7 Å². The third kappa shape index (κ3) is 3.15. The lowest BCUT2D eigenvalue weighted by atomic mass is 10.0. The molecule has 104 valence electrons. The zero-order valence-corrected chi connectivity index (χ0v) is 12.5. The Morgan fingerprint density at radius 3 is 2.15 bits per heavy atom. The van der Waals surface area contributed by atoms with Crippen LogP contribution in [0.3, 0.4) is 0 Å². The minimum absolute atomic E-state index is 0.0222. The van der Waals surface area contributed by atoms with Crippen LogP contribution < -0.4 is 0 Å². The Bertz CT molecular complexity index is 566. The topological polar surface area (TPSA) is 46.5 Å². The summed E-state index contributed by atoms with van der Waals surface area (Å²) in [5, 5.41) is -0.0222. The molecule has 3 unspecified atom stereocenters. The van der Waals surface area contributed by atoms with Gasteiger partial charge in [0.05, 0.1) is 6.10 Å². The summed E-state index contributed by atoms with van der Waals surface area (Å²) in [4.78, 5) is 9.93. The Hall–Kier alpha value is -1.06. The van der Waals surface area contributed by atoms with E-state index in [4.69, 9.17) is 4.52 Å². The van der Waals surface area contributed by atoms with Crippen LogP contribution in [0.2, 0.25) is 0 Å². The lowest BCUT2D eigenvalue weighted by molar-refractivity contribution is 0.171. The van der Waals surface area contributed by atoms with Crippen molar-refractivity contribution in [1.82, 2.24) is 0 Å². The monoisotopic (exact) mass is 306 g/mol. The number of hydrogen-bond acceptors (Lipinski definition) is 3. The van der Waals surface area contributed by atoms with Gasteiger partial charge in [0.15, 0.2) is 0 Å². The van der Waals surface area contributed by atoms with Crippen molar-refractivity contribution in [3.05, 3.63) is 71.8 Å². The van der Waals surface area contributed by atoms with Crippen molar-refractivity contribution in [2.24, 2.45) is 0 Å². The van der Waals surface area contributed by atoms with Gasteiger partial charge >= 0.3 is 6.80 Å². The number of rotatable bonds is 2. The largest absolute Gasteiger partial charge is 0.387 e. The molecule has 1 aliphatic heterocycles. The molecule has 0 aromatic heterocycles. The highest BCUT2D eigenvalue weighted by Gasteiger charge is 2.38. The molecule has 1 fully saturated rings. The molecule has 0 bridgehead atoms. The van der Waals surface area contributed by atoms with E-state index in [9.17, 15) is 9.46 Å². The van der Waals surface area contributed by atoms with Gasteiger partial charge in [0, 0.05) is 5.25 Å². The maximum atomic E-state index is 12.1. The minimum atomic E-state index is -3.61. The second kappa shape index (κ2) is 5.74. The van der Waals surface area contributed by atoms with Gasteiger partial charge in [0.25, 0.3) is 0 Å². The zero-order valence-electron chi connectivity index (χ0n) is 10.8. The van der Waals surface area contributed by atoms with Gasteiger partial charge in [0.2, 0.25) is 0 Å². The van der Waals surface area contributed by atoms with E-state index < -0.39 is 6.80 Å². The molecular formula is C15H15O3PS. The predicted octanol–water partition coefficient (Wildman–Crippen LogP) is 4.72. The van der Waals surface area contributed by atoms with Gasteiger partial charge in [-0.1, -0.05) is 60.7 Å². The van der Waals surface area contributed by atoms with Crippen LogP contribution in [-0.4, -0.2) is 4.89 Å². The lowest BCUT2D eigenvalue weighted by Crippen LogP contribution is -2.12. The molecule has 2 aromatic rings. The van der Waals surface area contributed by atoms with E-state index in [0.717, 1.165) is 22.5 Å². The van der Waals surface area contributed by atoms with E-state index in [0.29, 0.717) is 6.42 Å². The fourth-order valence-corrected chi connectivity index (χ4v) is 5.85. The molecule has 0 radical (unpaired) electrons. The molecule has 20 heavy (non-hydrogen) atoms. The molecule has 0 amide bonds. The maximum absolute atomic E-state index is 12.1. The Morgan fingerprint density at radius 1 is 1.00 bits per heavy atom. The van der Waals surface area contributed by atoms with Crippen LogP contribution in [0.5, 0.6) is 0 Å². The fraction of sp³-hybridized carbons (Fsp3) is 0.200. The highest BCUT2D eigenvalue weighted by molar-refractivity contribution is 8.55. The molecule has 5 heteroatoms. The first-order valence-electron chi connectivity index (χ1n) is 6.43. The second-order valence-corrected chi connectivity index (χ2v) is 8.66. The van der Waals surface area contributed by atoms with Crippen LogP contribution in [0.25, 0.3) is 0 Å². The summed E-state index contributed by atoms with van der Waals surface area (Å²) in [6.45, 7) is -3.61. The van der Waals surface area contributed by atoms with E-state index in [1.165, 1.54) is 0 Å². The molecule has 1 saturated heterocycles. The van der Waals surface area contributed by atoms with E-state index in [-0.39, 0.29) is 11.4 Å². The zero-order chi connectivity index (χ0) is 14.0. The Morgan fingerprint density at radius 2 is 1.55 bits per heavy atom. The van der Waals surface area contributed by atoms with Crippen molar-refractivity contribution in [1.29, 1.82) is 0 Å². The molecule has 0 spiro atoms. The summed E-state index contributed by atoms with van der Waals surface area (Å²) in [6, 6.07) is 19.5. The summed E-state index contributed by atoms with van der Waals surface area (Å²) >= 11 is 1.03. The third-order valence-corrected chi connectivity index (χ3v) is 6.62. The van der Waals surface area contributed by atoms with E-state index in [1.54, 1.807) is 0 Å². The van der Waals surface area contributed by atoms with Crippen molar-refractivity contribution >= 4 is 18.2 Å². The van der Waals surface area contributed by atoms with Crippen molar-refractivity contribution in [3.8, 4) is 0 Å². The first kappa shape index (κ1) is 13.9. The van der Waals surface area contributed by atoms with Crippen LogP contribution in [0.1, 0.15) is 28.9 Å². The normalized spacial score (nSPS) is 30.1. The van der Waals surface area contributed by atoms with Crippen LogP contribution in [0.4, 0.5) is 0 Å². The summed E-state index contributed by atoms with van der Waals surface area (Å²) < 4.78 is 17.5. The Kier molecular flexibility index (Phi) is 3.99. The molecule has 0 aliphatic carbocycles. The van der Waals surface area contributed by atoms with E-state index in [2.05, 4.69) is 0 Å². The van der Waals surface area contributed by atoms with Crippen molar-refractivity contribution < 1.29 is 14.0 Å². The smallest absolute Gasteiger partial charge is 0.316 e. The lowest BCUT2D eigenvalue weighted by Gasteiger charge is -2.32. The summed E-state index contributed by atoms with van der Waals surface area (Å²) in [6.07, 6.45) is 0.363. The molecule has 1 N–H and O–H groups in total. The molecular weight excluding hydrogens is 291 g/mol. The maximum Gasteiger partial charge on any atom is 0.387 e. The molecule has 1 heterocycles. The van der Waals surface area contributed by atoms with Crippen LogP contribution >= 0.6 is 18.2 Å². The van der Waals surface area contributed by atoms with Crippen LogP contribution in [-0.2, 0) is 9.09 Å². The standard InChI is InChI=1S/C15H15O3PS/c16-19(17)18-14(12-7-3-1-4-8-12)11-15(20-19)13-9-5-2-6-10-13/h1-10,14-15H,11H2,(H,16,17). The fourth-order valence-electron chi connectivity index (χ4n) is 2.36. The first-order chi connectivity index (χ1) is 9.64. The van der Waals surface area contributed by atoms with Crippen molar-refractivity contribution in [2.45, 2.75) is 17.8 Å². The second-order valence-electron chi connectivity index (χ2n) is 4.71.